The minimum Gasteiger partial charge on any atom is -0.478 e. The molecule has 0 saturated heterocycles. The highest BCUT2D eigenvalue weighted by Gasteiger charge is 2.25. The third-order valence-corrected chi connectivity index (χ3v) is 3.28. The van der Waals surface area contributed by atoms with E-state index in [2.05, 4.69) is 12.2 Å². The molecule has 2 amide bonds. The van der Waals surface area contributed by atoms with Gasteiger partial charge in [-0.1, -0.05) is 19.4 Å². The van der Waals surface area contributed by atoms with Gasteiger partial charge in [-0.25, -0.2) is 9.59 Å². The number of hydrogen-bond donors (Lipinski definition) is 2. The van der Waals surface area contributed by atoms with Crippen LogP contribution in [0.1, 0.15) is 35.7 Å². The van der Waals surface area contributed by atoms with Crippen LogP contribution in [-0.2, 0) is 6.42 Å². The zero-order chi connectivity index (χ0) is 13.8. The van der Waals surface area contributed by atoms with Gasteiger partial charge in [0, 0.05) is 18.8 Å². The van der Waals surface area contributed by atoms with Crippen molar-refractivity contribution >= 4 is 17.7 Å². The Kier molecular flexibility index (Phi) is 4.04. The average Bonchev–Trinajstić information content (AvgIpc) is 2.81. The fraction of sp³-hybridized carbons (Fsp3) is 0.429. The number of carbonyl (C=O) groups excluding carboxylic acids is 1. The standard InChI is InChI=1S/C14H18N2O3/c1-2-3-7-15-14(19)16-8-6-10-4-5-11(13(17)18)9-12(10)16/h4-5,9H,2-3,6-8H2,1H3,(H,15,19)(H,17,18). The predicted molar refractivity (Wildman–Crippen MR) is 72.8 cm³/mol. The number of rotatable bonds is 4. The summed E-state index contributed by atoms with van der Waals surface area (Å²) in [5.41, 5.74) is 1.96. The van der Waals surface area contributed by atoms with Gasteiger partial charge >= 0.3 is 12.0 Å². The molecule has 2 rings (SSSR count). The second kappa shape index (κ2) is 5.73. The lowest BCUT2D eigenvalue weighted by Crippen LogP contribution is -2.39. The predicted octanol–water partition coefficient (Wildman–Crippen LogP) is 2.26. The second-order valence-electron chi connectivity index (χ2n) is 4.64. The first-order chi connectivity index (χ1) is 9.13. The Bertz CT molecular complexity index is 499. The average molecular weight is 262 g/mol. The largest absolute Gasteiger partial charge is 0.478 e. The van der Waals surface area contributed by atoms with Crippen molar-refractivity contribution in [1.82, 2.24) is 5.32 Å². The highest BCUT2D eigenvalue weighted by Crippen LogP contribution is 2.29. The Morgan fingerprint density at radius 2 is 2.21 bits per heavy atom. The third-order valence-electron chi connectivity index (χ3n) is 3.28. The van der Waals surface area contributed by atoms with Crippen LogP contribution in [0, 0.1) is 0 Å². The molecule has 0 saturated carbocycles. The molecule has 5 nitrogen and oxygen atoms in total. The highest BCUT2D eigenvalue weighted by molar-refractivity contribution is 5.96. The number of carboxylic acid groups (broad SMARTS) is 1. The van der Waals surface area contributed by atoms with Gasteiger partial charge in [0.25, 0.3) is 0 Å². The van der Waals surface area contributed by atoms with E-state index in [1.54, 1.807) is 23.1 Å². The second-order valence-corrected chi connectivity index (χ2v) is 4.64. The van der Waals surface area contributed by atoms with E-state index in [-0.39, 0.29) is 11.6 Å². The van der Waals surface area contributed by atoms with E-state index in [4.69, 9.17) is 5.11 Å². The molecule has 0 unspecified atom stereocenters. The lowest BCUT2D eigenvalue weighted by atomic mass is 10.1. The van der Waals surface area contributed by atoms with E-state index in [1.165, 1.54) is 0 Å². The summed E-state index contributed by atoms with van der Waals surface area (Å²) in [6, 6.07) is 4.80. The summed E-state index contributed by atoms with van der Waals surface area (Å²) >= 11 is 0. The van der Waals surface area contributed by atoms with Crippen LogP contribution < -0.4 is 10.2 Å². The monoisotopic (exact) mass is 262 g/mol. The molecule has 0 spiro atoms. The lowest BCUT2D eigenvalue weighted by Gasteiger charge is -2.18. The first kappa shape index (κ1) is 13.4. The van der Waals surface area contributed by atoms with Crippen molar-refractivity contribution in [3.05, 3.63) is 29.3 Å². The number of fused-ring (bicyclic) bond motifs is 1. The van der Waals surface area contributed by atoms with Gasteiger partial charge < -0.3 is 10.4 Å². The molecule has 19 heavy (non-hydrogen) atoms. The van der Waals surface area contributed by atoms with Crippen LogP contribution in [0.4, 0.5) is 10.5 Å². The lowest BCUT2D eigenvalue weighted by molar-refractivity contribution is 0.0697. The zero-order valence-corrected chi connectivity index (χ0v) is 11.0. The maximum absolute atomic E-state index is 12.0. The molecule has 0 radical (unpaired) electrons. The number of unbranched alkanes of at least 4 members (excludes halogenated alkanes) is 1. The molecule has 102 valence electrons. The van der Waals surface area contributed by atoms with Crippen molar-refractivity contribution in [2.75, 3.05) is 18.0 Å². The smallest absolute Gasteiger partial charge is 0.335 e. The Morgan fingerprint density at radius 3 is 2.89 bits per heavy atom. The number of nitrogens with one attached hydrogen (secondary N) is 1. The van der Waals surface area contributed by atoms with Crippen molar-refractivity contribution in [3.63, 3.8) is 0 Å². The van der Waals surface area contributed by atoms with Crippen LogP contribution in [0.25, 0.3) is 0 Å². The van der Waals surface area contributed by atoms with Crippen LogP contribution >= 0.6 is 0 Å². The van der Waals surface area contributed by atoms with Crippen molar-refractivity contribution in [3.8, 4) is 0 Å². The molecule has 0 bridgehead atoms. The molecule has 0 aliphatic carbocycles. The third kappa shape index (κ3) is 2.86. The molecular formula is C14H18N2O3. The maximum atomic E-state index is 12.0. The Morgan fingerprint density at radius 1 is 1.42 bits per heavy atom. The first-order valence-corrected chi connectivity index (χ1v) is 6.55. The van der Waals surface area contributed by atoms with Crippen molar-refractivity contribution in [2.24, 2.45) is 0 Å². The maximum Gasteiger partial charge on any atom is 0.335 e. The van der Waals surface area contributed by atoms with Gasteiger partial charge in [-0.2, -0.15) is 0 Å². The number of amides is 2. The van der Waals surface area contributed by atoms with Crippen LogP contribution in [0.5, 0.6) is 0 Å². The molecule has 0 atom stereocenters. The minimum atomic E-state index is -0.971. The number of anilines is 1. The van der Waals surface area contributed by atoms with Gasteiger partial charge in [-0.05, 0) is 30.5 Å². The summed E-state index contributed by atoms with van der Waals surface area (Å²) in [6.45, 7) is 3.33. The van der Waals surface area contributed by atoms with Crippen molar-refractivity contribution in [2.45, 2.75) is 26.2 Å². The van der Waals surface area contributed by atoms with Crippen LogP contribution in [0.2, 0.25) is 0 Å². The van der Waals surface area contributed by atoms with E-state index in [9.17, 15) is 9.59 Å². The Hall–Kier alpha value is -2.04. The topological polar surface area (TPSA) is 69.6 Å². The molecular weight excluding hydrogens is 244 g/mol. The highest BCUT2D eigenvalue weighted by atomic mass is 16.4. The summed E-state index contributed by atoms with van der Waals surface area (Å²) in [5, 5.41) is 11.8. The number of urea groups is 1. The summed E-state index contributed by atoms with van der Waals surface area (Å²) in [5.74, 6) is -0.971. The van der Waals surface area contributed by atoms with E-state index in [0.29, 0.717) is 18.8 Å². The zero-order valence-electron chi connectivity index (χ0n) is 11.0. The quantitative estimate of drug-likeness (QED) is 0.818. The number of hydrogen-bond acceptors (Lipinski definition) is 2. The van der Waals surface area contributed by atoms with Gasteiger partial charge in [-0.15, -0.1) is 0 Å². The van der Waals surface area contributed by atoms with E-state index in [0.717, 1.165) is 24.8 Å². The molecule has 1 aliphatic rings. The molecule has 1 aromatic carbocycles. The van der Waals surface area contributed by atoms with Gasteiger partial charge in [0.15, 0.2) is 0 Å². The van der Waals surface area contributed by atoms with E-state index in [1.807, 2.05) is 0 Å². The number of carbonyl (C=O) groups is 2. The van der Waals surface area contributed by atoms with Gasteiger partial charge in [0.1, 0.15) is 0 Å². The van der Waals surface area contributed by atoms with Crippen molar-refractivity contribution in [1.29, 1.82) is 0 Å². The molecule has 1 aliphatic heterocycles. The molecule has 1 heterocycles. The molecule has 2 N–H and O–H groups in total. The Balaban J connectivity index is 2.13. The number of benzene rings is 1. The fourth-order valence-electron chi connectivity index (χ4n) is 2.19. The fourth-order valence-corrected chi connectivity index (χ4v) is 2.19. The molecule has 5 heteroatoms. The normalized spacial score (nSPS) is 13.2. The van der Waals surface area contributed by atoms with Crippen LogP contribution in [-0.4, -0.2) is 30.2 Å². The summed E-state index contributed by atoms with van der Waals surface area (Å²) in [7, 11) is 0. The van der Waals surface area contributed by atoms with Crippen LogP contribution in [0.3, 0.4) is 0 Å². The van der Waals surface area contributed by atoms with Gasteiger partial charge in [0.05, 0.1) is 5.56 Å². The number of nitrogens with zero attached hydrogens (tertiary/aromatic N) is 1. The van der Waals surface area contributed by atoms with E-state index < -0.39 is 5.97 Å². The molecule has 0 aromatic heterocycles. The SMILES string of the molecule is CCCCNC(=O)N1CCc2ccc(C(=O)O)cc21. The first-order valence-electron chi connectivity index (χ1n) is 6.55. The van der Waals surface area contributed by atoms with Crippen LogP contribution in [0.15, 0.2) is 18.2 Å². The van der Waals surface area contributed by atoms with Gasteiger partial charge in [-0.3, -0.25) is 4.90 Å². The summed E-state index contributed by atoms with van der Waals surface area (Å²) in [6.07, 6.45) is 2.75. The molecule has 1 aromatic rings. The number of carboxylic acids is 1. The minimum absolute atomic E-state index is 0.144. The number of aromatic carboxylic acids is 1. The Labute approximate surface area is 112 Å². The van der Waals surface area contributed by atoms with E-state index >= 15 is 0 Å². The van der Waals surface area contributed by atoms with Gasteiger partial charge in [0.2, 0.25) is 0 Å². The summed E-state index contributed by atoms with van der Waals surface area (Å²) < 4.78 is 0. The molecule has 0 fully saturated rings. The summed E-state index contributed by atoms with van der Waals surface area (Å²) in [4.78, 5) is 24.6. The van der Waals surface area contributed by atoms with Crippen molar-refractivity contribution < 1.29 is 14.7 Å².